The van der Waals surface area contributed by atoms with E-state index >= 15 is 0 Å². The lowest BCUT2D eigenvalue weighted by Crippen LogP contribution is -2.30. The molecule has 0 aliphatic heterocycles. The van der Waals surface area contributed by atoms with E-state index in [0.717, 1.165) is 115 Å². The first-order valence-corrected chi connectivity index (χ1v) is 44.0. The van der Waals surface area contributed by atoms with Crippen molar-refractivity contribution in [3.05, 3.63) is 0 Å². The third-order valence-electron chi connectivity index (χ3n) is 18.5. The van der Waals surface area contributed by atoms with Crippen molar-refractivity contribution < 1.29 is 80.2 Å². The van der Waals surface area contributed by atoms with Gasteiger partial charge in [-0.2, -0.15) is 0 Å². The Morgan fingerprint density at radius 3 is 0.694 bits per heavy atom. The monoisotopic (exact) mass is 1440 g/mol. The van der Waals surface area contributed by atoms with Gasteiger partial charge in [0.1, 0.15) is 19.3 Å². The Morgan fingerprint density at radius 1 is 0.276 bits per heavy atom. The van der Waals surface area contributed by atoms with Gasteiger partial charge in [0, 0.05) is 25.7 Å². The Hall–Kier alpha value is -1.94. The molecule has 0 aliphatic rings. The van der Waals surface area contributed by atoms with Crippen LogP contribution in [0.3, 0.4) is 0 Å². The Balaban J connectivity index is 5.17. The first-order chi connectivity index (χ1) is 47.4. The standard InChI is InChI=1S/C79H154O17P2/c1-7-9-11-13-15-16-17-18-19-22-26-29-32-38-44-50-56-62-77(82)90-68-75(96-78(83)63-57-51-45-39-33-30-27-24-21-20-23-25-28-31-36-42-47-53-59-71(3)4)70-94-98(87,88)92-66-73(80)65-91-97(85,86)93-69-74(67-89-76(81)61-55-49-41-14-12-10-8-2)95-79(84)64-58-52-46-40-35-34-37-43-48-54-60-72(5)6/h71-75,80H,7-70H2,1-6H3,(H,85,86)(H,87,88)/t73-,74+,75+/m0/s1. The number of esters is 4. The topological polar surface area (TPSA) is 237 Å². The predicted octanol–water partition coefficient (Wildman–Crippen LogP) is 23.5. The molecule has 0 saturated carbocycles. The summed E-state index contributed by atoms with van der Waals surface area (Å²) in [4.78, 5) is 72.8. The van der Waals surface area contributed by atoms with Crippen molar-refractivity contribution in [2.24, 2.45) is 11.8 Å². The normalized spacial score (nSPS) is 13.9. The van der Waals surface area contributed by atoms with Gasteiger partial charge < -0.3 is 33.8 Å². The van der Waals surface area contributed by atoms with Crippen LogP contribution < -0.4 is 0 Å². The predicted molar refractivity (Wildman–Crippen MR) is 400 cm³/mol. The molecular weight excluding hydrogens is 1280 g/mol. The van der Waals surface area contributed by atoms with Crippen LogP contribution in [0.15, 0.2) is 0 Å². The second-order valence-corrected chi connectivity index (χ2v) is 32.3. The largest absolute Gasteiger partial charge is 0.472 e. The maximum Gasteiger partial charge on any atom is 0.472 e. The summed E-state index contributed by atoms with van der Waals surface area (Å²) in [7, 11) is -9.91. The van der Waals surface area contributed by atoms with Gasteiger partial charge in [0.15, 0.2) is 12.2 Å². The number of phosphoric ester groups is 2. The maximum atomic E-state index is 13.1. The molecule has 0 saturated heterocycles. The minimum atomic E-state index is -4.96. The van der Waals surface area contributed by atoms with E-state index in [-0.39, 0.29) is 25.7 Å². The molecule has 0 fully saturated rings. The number of aliphatic hydroxyl groups excluding tert-OH is 1. The first kappa shape index (κ1) is 96.1. The van der Waals surface area contributed by atoms with Crippen molar-refractivity contribution in [1.29, 1.82) is 0 Å². The molecule has 0 rings (SSSR count). The number of carbonyl (C=O) groups excluding carboxylic acids is 4. The van der Waals surface area contributed by atoms with Gasteiger partial charge in [-0.3, -0.25) is 37.3 Å². The van der Waals surface area contributed by atoms with E-state index in [0.29, 0.717) is 25.7 Å². The van der Waals surface area contributed by atoms with Gasteiger partial charge in [0.2, 0.25) is 0 Å². The van der Waals surface area contributed by atoms with E-state index in [2.05, 4.69) is 41.5 Å². The van der Waals surface area contributed by atoms with Crippen LogP contribution in [0.5, 0.6) is 0 Å². The van der Waals surface area contributed by atoms with Crippen LogP contribution in [0.4, 0.5) is 0 Å². The summed E-state index contributed by atoms with van der Waals surface area (Å²) < 4.78 is 68.5. The SMILES string of the molecule is CCCCCCCCCCCCCCCCCCCC(=O)OC[C@H](COP(=O)(O)OC[C@@H](O)COP(=O)(O)OC[C@@H](COC(=O)CCCCCCCCC)OC(=O)CCCCCCCCCCCCC(C)C)OC(=O)CCCCCCCCCCCCCCCCCCCCC(C)C. The van der Waals surface area contributed by atoms with Gasteiger partial charge in [0.25, 0.3) is 0 Å². The molecule has 0 aromatic carbocycles. The molecule has 3 N–H and O–H groups in total. The zero-order valence-corrected chi connectivity index (χ0v) is 65.9. The van der Waals surface area contributed by atoms with E-state index in [1.165, 1.54) is 218 Å². The zero-order chi connectivity index (χ0) is 72.1. The van der Waals surface area contributed by atoms with Crippen LogP contribution in [0, 0.1) is 11.8 Å². The van der Waals surface area contributed by atoms with Gasteiger partial charge in [-0.1, -0.05) is 363 Å². The number of hydrogen-bond donors (Lipinski definition) is 3. The number of carbonyl (C=O) groups is 4. The summed E-state index contributed by atoms with van der Waals surface area (Å²) in [6.07, 6.45) is 59.9. The third-order valence-corrected chi connectivity index (χ3v) is 20.4. The highest BCUT2D eigenvalue weighted by Crippen LogP contribution is 2.45. The molecule has 17 nitrogen and oxygen atoms in total. The average Bonchev–Trinajstić information content (AvgIpc) is 1.45. The van der Waals surface area contributed by atoms with E-state index < -0.39 is 97.5 Å². The fourth-order valence-corrected chi connectivity index (χ4v) is 13.8. The van der Waals surface area contributed by atoms with E-state index in [9.17, 15) is 43.2 Å². The number of rotatable bonds is 78. The molecule has 2 unspecified atom stereocenters. The average molecular weight is 1440 g/mol. The van der Waals surface area contributed by atoms with Gasteiger partial charge in [0.05, 0.1) is 26.4 Å². The van der Waals surface area contributed by atoms with Gasteiger partial charge in [-0.25, -0.2) is 9.13 Å². The fraction of sp³-hybridized carbons (Fsp3) is 0.949. The minimum Gasteiger partial charge on any atom is -0.462 e. The smallest absolute Gasteiger partial charge is 0.462 e. The Labute approximate surface area is 600 Å². The molecule has 98 heavy (non-hydrogen) atoms. The van der Waals surface area contributed by atoms with Gasteiger partial charge in [-0.15, -0.1) is 0 Å². The van der Waals surface area contributed by atoms with Gasteiger partial charge in [-0.05, 0) is 37.5 Å². The second-order valence-electron chi connectivity index (χ2n) is 29.4. The first-order valence-electron chi connectivity index (χ1n) is 41.0. The number of hydrogen-bond acceptors (Lipinski definition) is 15. The van der Waals surface area contributed by atoms with Crippen molar-refractivity contribution in [2.75, 3.05) is 39.6 Å². The number of ether oxygens (including phenoxy) is 4. The summed E-state index contributed by atoms with van der Waals surface area (Å²) in [5, 5.41) is 10.6. The Bertz CT molecular complexity index is 1890. The van der Waals surface area contributed by atoms with Crippen LogP contribution >= 0.6 is 15.6 Å². The second kappa shape index (κ2) is 70.7. The quantitative estimate of drug-likeness (QED) is 0.0222. The van der Waals surface area contributed by atoms with E-state index in [4.69, 9.17) is 37.0 Å². The molecule has 19 heteroatoms. The molecule has 0 amide bonds. The molecule has 0 aromatic rings. The zero-order valence-electron chi connectivity index (χ0n) is 64.1. The number of aliphatic hydroxyl groups is 1. The van der Waals surface area contributed by atoms with Crippen LogP contribution in [0.2, 0.25) is 0 Å². The molecule has 0 bridgehead atoms. The summed E-state index contributed by atoms with van der Waals surface area (Å²) in [5.74, 6) is -0.544. The molecule has 582 valence electrons. The van der Waals surface area contributed by atoms with E-state index in [1.807, 2.05) is 0 Å². The summed E-state index contributed by atoms with van der Waals surface area (Å²) in [5.41, 5.74) is 0. The van der Waals surface area contributed by atoms with Gasteiger partial charge >= 0.3 is 39.5 Å². The third kappa shape index (κ3) is 72.4. The molecule has 0 heterocycles. The van der Waals surface area contributed by atoms with Crippen molar-refractivity contribution >= 4 is 39.5 Å². The van der Waals surface area contributed by atoms with Crippen molar-refractivity contribution in [3.8, 4) is 0 Å². The van der Waals surface area contributed by atoms with Crippen molar-refractivity contribution in [3.63, 3.8) is 0 Å². The summed E-state index contributed by atoms with van der Waals surface area (Å²) in [6, 6.07) is 0. The lowest BCUT2D eigenvalue weighted by molar-refractivity contribution is -0.161. The van der Waals surface area contributed by atoms with Crippen LogP contribution in [-0.2, 0) is 65.4 Å². The molecule has 0 aliphatic carbocycles. The Kier molecular flexibility index (Phi) is 69.3. The molecular formula is C79H154O17P2. The highest BCUT2D eigenvalue weighted by Gasteiger charge is 2.30. The number of phosphoric acid groups is 2. The van der Waals surface area contributed by atoms with Crippen molar-refractivity contribution in [2.45, 2.75) is 432 Å². The molecule has 0 radical (unpaired) electrons. The van der Waals surface area contributed by atoms with Crippen LogP contribution in [0.25, 0.3) is 0 Å². The lowest BCUT2D eigenvalue weighted by Gasteiger charge is -2.21. The highest BCUT2D eigenvalue weighted by atomic mass is 31.2. The summed E-state index contributed by atoms with van der Waals surface area (Å²) in [6.45, 7) is 9.60. The maximum absolute atomic E-state index is 13.1. The lowest BCUT2D eigenvalue weighted by atomic mass is 10.0. The number of unbranched alkanes of at least 4 members (excludes halogenated alkanes) is 48. The highest BCUT2D eigenvalue weighted by molar-refractivity contribution is 7.47. The molecule has 5 atom stereocenters. The van der Waals surface area contributed by atoms with Crippen LogP contribution in [0.1, 0.15) is 414 Å². The fourth-order valence-electron chi connectivity index (χ4n) is 12.2. The molecule has 0 aromatic heterocycles. The van der Waals surface area contributed by atoms with E-state index in [1.54, 1.807) is 0 Å². The van der Waals surface area contributed by atoms with Crippen LogP contribution in [-0.4, -0.2) is 96.7 Å². The molecule has 0 spiro atoms. The summed E-state index contributed by atoms with van der Waals surface area (Å²) >= 11 is 0. The Morgan fingerprint density at radius 2 is 0.469 bits per heavy atom. The minimum absolute atomic E-state index is 0.106. The van der Waals surface area contributed by atoms with Crippen molar-refractivity contribution in [1.82, 2.24) is 0 Å².